The van der Waals surface area contributed by atoms with Crippen molar-refractivity contribution in [2.75, 3.05) is 0 Å². The molecule has 1 aliphatic rings. The standard InChI is InChI=1S/C15H20Cl4O/c1-12(2,3)9-7-14(16,15(17,18)19)8-10(11(9)20)13(4,5)6/h7-8H,1-6H3. The van der Waals surface area contributed by atoms with Crippen LogP contribution in [-0.2, 0) is 4.79 Å². The average Bonchev–Trinajstić information content (AvgIpc) is 2.16. The van der Waals surface area contributed by atoms with E-state index in [1.807, 2.05) is 41.5 Å². The van der Waals surface area contributed by atoms with Crippen LogP contribution in [0.4, 0.5) is 0 Å². The number of halogens is 4. The molecule has 0 unspecified atom stereocenters. The molecule has 0 saturated carbocycles. The summed E-state index contributed by atoms with van der Waals surface area (Å²) in [5.74, 6) is -0.0319. The van der Waals surface area contributed by atoms with Gasteiger partial charge in [0.2, 0.25) is 3.79 Å². The summed E-state index contributed by atoms with van der Waals surface area (Å²) in [5, 5.41) is 0. The fraction of sp³-hybridized carbons (Fsp3) is 0.667. The van der Waals surface area contributed by atoms with Gasteiger partial charge in [0.25, 0.3) is 0 Å². The van der Waals surface area contributed by atoms with Gasteiger partial charge in [0.1, 0.15) is 4.87 Å². The van der Waals surface area contributed by atoms with Gasteiger partial charge in [0, 0.05) is 11.1 Å². The van der Waals surface area contributed by atoms with Gasteiger partial charge in [-0.05, 0) is 23.0 Å². The summed E-state index contributed by atoms with van der Waals surface area (Å²) in [6.07, 6.45) is 3.16. The lowest BCUT2D eigenvalue weighted by atomic mass is 9.71. The van der Waals surface area contributed by atoms with Crippen LogP contribution in [0.3, 0.4) is 0 Å². The molecule has 0 N–H and O–H groups in total. The second-order valence-electron chi connectivity index (χ2n) is 7.21. The zero-order chi connectivity index (χ0) is 16.1. The first-order valence-electron chi connectivity index (χ1n) is 6.36. The van der Waals surface area contributed by atoms with E-state index in [2.05, 4.69) is 0 Å². The first-order chi connectivity index (χ1) is 8.59. The van der Waals surface area contributed by atoms with Gasteiger partial charge < -0.3 is 0 Å². The van der Waals surface area contributed by atoms with Gasteiger partial charge in [0.05, 0.1) is 0 Å². The third-order valence-electron chi connectivity index (χ3n) is 3.25. The molecule has 20 heavy (non-hydrogen) atoms. The van der Waals surface area contributed by atoms with E-state index >= 15 is 0 Å². The second-order valence-corrected chi connectivity index (χ2v) is 10.1. The number of carbonyl (C=O) groups is 1. The number of hydrogen-bond acceptors (Lipinski definition) is 1. The Balaban J connectivity index is 3.58. The van der Waals surface area contributed by atoms with Crippen molar-refractivity contribution in [3.63, 3.8) is 0 Å². The topological polar surface area (TPSA) is 17.1 Å². The predicted molar refractivity (Wildman–Crippen MR) is 89.0 cm³/mol. The molecular formula is C15H20Cl4O. The maximum Gasteiger partial charge on any atom is 0.216 e. The fourth-order valence-electron chi connectivity index (χ4n) is 2.02. The summed E-state index contributed by atoms with van der Waals surface area (Å²) in [6, 6.07) is 0. The number of ketones is 1. The van der Waals surface area contributed by atoms with Crippen molar-refractivity contribution in [1.82, 2.24) is 0 Å². The van der Waals surface area contributed by atoms with Gasteiger partial charge in [-0.25, -0.2) is 0 Å². The Morgan fingerprint density at radius 1 is 0.850 bits per heavy atom. The lowest BCUT2D eigenvalue weighted by molar-refractivity contribution is -0.114. The Morgan fingerprint density at radius 2 is 1.15 bits per heavy atom. The van der Waals surface area contributed by atoms with Crippen molar-refractivity contribution in [1.29, 1.82) is 0 Å². The zero-order valence-corrected chi connectivity index (χ0v) is 15.6. The molecule has 1 aliphatic carbocycles. The lowest BCUT2D eigenvalue weighted by Gasteiger charge is -2.39. The van der Waals surface area contributed by atoms with Crippen LogP contribution < -0.4 is 0 Å². The lowest BCUT2D eigenvalue weighted by Crippen LogP contribution is -2.41. The summed E-state index contributed by atoms with van der Waals surface area (Å²) in [5.41, 5.74) is 0.396. The highest BCUT2D eigenvalue weighted by molar-refractivity contribution is 6.71. The van der Waals surface area contributed by atoms with Crippen molar-refractivity contribution in [2.24, 2.45) is 10.8 Å². The molecule has 0 aromatic carbocycles. The monoisotopic (exact) mass is 356 g/mol. The van der Waals surface area contributed by atoms with Crippen LogP contribution in [0.5, 0.6) is 0 Å². The van der Waals surface area contributed by atoms with E-state index in [1.54, 1.807) is 12.2 Å². The number of alkyl halides is 4. The molecule has 1 nitrogen and oxygen atoms in total. The molecule has 0 saturated heterocycles. The van der Waals surface area contributed by atoms with Crippen LogP contribution in [0.1, 0.15) is 41.5 Å². The molecule has 114 valence electrons. The molecular weight excluding hydrogens is 338 g/mol. The first-order valence-corrected chi connectivity index (χ1v) is 7.88. The average molecular weight is 358 g/mol. The van der Waals surface area contributed by atoms with Crippen LogP contribution in [0, 0.1) is 10.8 Å². The Hall–Kier alpha value is 0.310. The summed E-state index contributed by atoms with van der Waals surface area (Å²) >= 11 is 24.6. The molecule has 0 aromatic heterocycles. The van der Waals surface area contributed by atoms with E-state index in [0.717, 1.165) is 0 Å². The van der Waals surface area contributed by atoms with E-state index < -0.39 is 8.67 Å². The minimum Gasteiger partial charge on any atom is -0.289 e. The number of carbonyl (C=O) groups excluding carboxylic acids is 1. The van der Waals surface area contributed by atoms with Gasteiger partial charge in [-0.15, -0.1) is 11.6 Å². The highest BCUT2D eigenvalue weighted by atomic mass is 35.6. The Labute approximate surface area is 141 Å². The summed E-state index contributed by atoms with van der Waals surface area (Å²) in [7, 11) is 0. The van der Waals surface area contributed by atoms with Crippen molar-refractivity contribution < 1.29 is 4.79 Å². The van der Waals surface area contributed by atoms with Crippen molar-refractivity contribution >= 4 is 52.2 Å². The van der Waals surface area contributed by atoms with Crippen LogP contribution in [-0.4, -0.2) is 14.4 Å². The SMILES string of the molecule is CC(C)(C)C1=CC(Cl)(C(Cl)(Cl)Cl)C=C(C(C)(C)C)C1=O. The third-order valence-corrected chi connectivity index (χ3v) is 4.98. The van der Waals surface area contributed by atoms with Crippen LogP contribution in [0.25, 0.3) is 0 Å². The Bertz CT molecular complexity index is 447. The quantitative estimate of drug-likeness (QED) is 0.496. The molecule has 0 aromatic rings. The molecule has 0 bridgehead atoms. The molecule has 0 radical (unpaired) electrons. The highest BCUT2D eigenvalue weighted by Gasteiger charge is 2.50. The first kappa shape index (κ1) is 18.4. The van der Waals surface area contributed by atoms with Gasteiger partial charge in [-0.1, -0.05) is 76.3 Å². The Morgan fingerprint density at radius 3 is 1.35 bits per heavy atom. The number of rotatable bonds is 0. The zero-order valence-electron chi connectivity index (χ0n) is 12.6. The highest BCUT2D eigenvalue weighted by Crippen LogP contribution is 2.51. The van der Waals surface area contributed by atoms with Crippen LogP contribution in [0.15, 0.2) is 23.3 Å². The summed E-state index contributed by atoms with van der Waals surface area (Å²) < 4.78 is -1.73. The second kappa shape index (κ2) is 5.19. The smallest absolute Gasteiger partial charge is 0.216 e. The molecule has 0 fully saturated rings. The molecule has 1 rings (SSSR count). The minimum atomic E-state index is -1.73. The van der Waals surface area contributed by atoms with E-state index in [4.69, 9.17) is 46.4 Å². The predicted octanol–water partition coefficient (Wildman–Crippen LogP) is 5.86. The maximum absolute atomic E-state index is 12.7. The van der Waals surface area contributed by atoms with E-state index in [-0.39, 0.29) is 16.6 Å². The third kappa shape index (κ3) is 3.55. The maximum atomic E-state index is 12.7. The van der Waals surface area contributed by atoms with Crippen molar-refractivity contribution in [3.8, 4) is 0 Å². The molecule has 0 aliphatic heterocycles. The fourth-order valence-corrected chi connectivity index (χ4v) is 2.56. The summed E-state index contributed by atoms with van der Waals surface area (Å²) in [6.45, 7) is 11.7. The normalized spacial score (nSPS) is 20.6. The van der Waals surface area contributed by atoms with E-state index in [9.17, 15) is 4.79 Å². The largest absolute Gasteiger partial charge is 0.289 e. The number of Topliss-reactive ketones (excluding diaryl/α,β-unsaturated/α-hetero) is 1. The Kier molecular flexibility index (Phi) is 4.77. The summed E-state index contributed by atoms with van der Waals surface area (Å²) in [4.78, 5) is 11.4. The van der Waals surface area contributed by atoms with E-state index in [1.165, 1.54) is 0 Å². The van der Waals surface area contributed by atoms with Crippen LogP contribution >= 0.6 is 46.4 Å². The molecule has 0 heterocycles. The van der Waals surface area contributed by atoms with Gasteiger partial charge in [-0.3, -0.25) is 4.79 Å². The molecule has 5 heteroatoms. The van der Waals surface area contributed by atoms with Gasteiger partial charge in [0.15, 0.2) is 5.78 Å². The van der Waals surface area contributed by atoms with Gasteiger partial charge in [-0.2, -0.15) is 0 Å². The van der Waals surface area contributed by atoms with Crippen LogP contribution in [0.2, 0.25) is 0 Å². The molecule has 0 atom stereocenters. The van der Waals surface area contributed by atoms with E-state index in [0.29, 0.717) is 11.1 Å². The molecule has 0 spiro atoms. The molecule has 0 amide bonds. The number of hydrogen-bond donors (Lipinski definition) is 0. The van der Waals surface area contributed by atoms with Crippen molar-refractivity contribution in [2.45, 2.75) is 50.2 Å². The number of allylic oxidation sites excluding steroid dienone is 4. The van der Waals surface area contributed by atoms with Gasteiger partial charge >= 0.3 is 0 Å². The van der Waals surface area contributed by atoms with Crippen molar-refractivity contribution in [3.05, 3.63) is 23.3 Å². The minimum absolute atomic E-state index is 0.0319.